The fourth-order valence-electron chi connectivity index (χ4n) is 2.65. The number of benzene rings is 1. The molecule has 1 heterocycles. The van der Waals surface area contributed by atoms with Gasteiger partial charge in [-0.2, -0.15) is 11.8 Å². The lowest BCUT2D eigenvalue weighted by Gasteiger charge is -2.39. The summed E-state index contributed by atoms with van der Waals surface area (Å²) in [7, 11) is 0. The minimum Gasteiger partial charge on any atom is -0.369 e. The van der Waals surface area contributed by atoms with Crippen LogP contribution < -0.4 is 10.2 Å². The Balaban J connectivity index is 1.68. The Morgan fingerprint density at radius 2 is 2.20 bits per heavy atom. The third-order valence-electron chi connectivity index (χ3n) is 3.99. The van der Waals surface area contributed by atoms with Crippen LogP contribution in [0.1, 0.15) is 32.3 Å². The molecule has 0 bridgehead atoms. The molecule has 0 radical (unpaired) electrons. The zero-order valence-corrected chi connectivity index (χ0v) is 13.9. The number of halogens is 1. The molecule has 1 aliphatic carbocycles. The molecule has 1 saturated heterocycles. The van der Waals surface area contributed by atoms with Crippen molar-refractivity contribution in [3.05, 3.63) is 28.8 Å². The van der Waals surface area contributed by atoms with Crippen LogP contribution >= 0.6 is 23.4 Å². The molecule has 1 aromatic rings. The summed E-state index contributed by atoms with van der Waals surface area (Å²) in [5.74, 6) is 1.19. The first kappa shape index (κ1) is 14.6. The van der Waals surface area contributed by atoms with Gasteiger partial charge >= 0.3 is 0 Å². The maximum Gasteiger partial charge on any atom is 0.0471 e. The molecule has 3 rings (SSSR count). The molecule has 110 valence electrons. The minimum absolute atomic E-state index is 0.330. The molecule has 0 spiro atoms. The Morgan fingerprint density at radius 1 is 1.40 bits per heavy atom. The topological polar surface area (TPSA) is 15.3 Å². The Hall–Kier alpha value is -0.380. The van der Waals surface area contributed by atoms with Crippen LogP contribution in [0.3, 0.4) is 0 Å². The van der Waals surface area contributed by atoms with E-state index < -0.39 is 0 Å². The first-order chi connectivity index (χ1) is 9.53. The number of hydrogen-bond acceptors (Lipinski definition) is 3. The standard InChI is InChI=1S/C16H23ClN2S/c1-16(2)11-19(7-8-20-16)14-6-3-12(15(17)9-14)10-18-13-4-5-13/h3,6,9,13,18H,4-5,7-8,10-11H2,1-2H3. The van der Waals surface area contributed by atoms with Crippen LogP contribution in [0.2, 0.25) is 5.02 Å². The zero-order valence-electron chi connectivity index (χ0n) is 12.3. The highest BCUT2D eigenvalue weighted by molar-refractivity contribution is 8.00. The molecule has 1 aliphatic heterocycles. The van der Waals surface area contributed by atoms with Crippen LogP contribution in [-0.2, 0) is 6.54 Å². The number of nitrogens with zero attached hydrogens (tertiary/aromatic N) is 1. The van der Waals surface area contributed by atoms with Gasteiger partial charge < -0.3 is 10.2 Å². The van der Waals surface area contributed by atoms with E-state index >= 15 is 0 Å². The molecule has 0 unspecified atom stereocenters. The molecule has 0 aromatic heterocycles. The number of anilines is 1. The van der Waals surface area contributed by atoms with E-state index in [-0.39, 0.29) is 0 Å². The normalized spacial score (nSPS) is 22.1. The number of hydrogen-bond donors (Lipinski definition) is 1. The molecule has 0 atom stereocenters. The molecule has 4 heteroatoms. The van der Waals surface area contributed by atoms with Gasteiger partial charge in [0.1, 0.15) is 0 Å². The van der Waals surface area contributed by atoms with Gasteiger partial charge in [-0.15, -0.1) is 0 Å². The maximum absolute atomic E-state index is 6.45. The number of nitrogens with one attached hydrogen (secondary N) is 1. The Bertz CT molecular complexity index is 485. The van der Waals surface area contributed by atoms with Crippen molar-refractivity contribution in [2.24, 2.45) is 0 Å². The predicted molar refractivity (Wildman–Crippen MR) is 90.1 cm³/mol. The molecule has 1 saturated carbocycles. The average Bonchev–Trinajstić information content (AvgIpc) is 3.20. The van der Waals surface area contributed by atoms with E-state index in [1.165, 1.54) is 29.8 Å². The summed E-state index contributed by atoms with van der Waals surface area (Å²) in [5.41, 5.74) is 2.48. The van der Waals surface area contributed by atoms with Crippen LogP contribution in [0, 0.1) is 0 Å². The van der Waals surface area contributed by atoms with Crippen LogP contribution in [0.25, 0.3) is 0 Å². The third kappa shape index (κ3) is 3.63. The lowest BCUT2D eigenvalue weighted by atomic mass is 10.1. The van der Waals surface area contributed by atoms with E-state index in [1.807, 2.05) is 0 Å². The summed E-state index contributed by atoms with van der Waals surface area (Å²) in [5, 5.41) is 4.42. The van der Waals surface area contributed by atoms with Crippen LogP contribution in [0.5, 0.6) is 0 Å². The minimum atomic E-state index is 0.330. The van der Waals surface area contributed by atoms with Crippen molar-refractivity contribution in [1.82, 2.24) is 5.32 Å². The van der Waals surface area contributed by atoms with E-state index in [1.54, 1.807) is 0 Å². The van der Waals surface area contributed by atoms with Crippen molar-refractivity contribution in [3.8, 4) is 0 Å². The second-order valence-corrected chi connectivity index (χ2v) is 8.67. The molecule has 2 fully saturated rings. The molecular formula is C16H23ClN2S. The highest BCUT2D eigenvalue weighted by Gasteiger charge is 2.27. The van der Waals surface area contributed by atoms with Crippen LogP contribution in [0.4, 0.5) is 5.69 Å². The molecule has 0 amide bonds. The maximum atomic E-state index is 6.45. The van der Waals surface area contributed by atoms with Gasteiger partial charge in [-0.1, -0.05) is 17.7 Å². The van der Waals surface area contributed by atoms with Gasteiger partial charge in [-0.05, 0) is 44.4 Å². The number of thioether (sulfide) groups is 1. The zero-order chi connectivity index (χ0) is 14.2. The van der Waals surface area contributed by atoms with E-state index in [0.717, 1.165) is 30.7 Å². The second kappa shape index (κ2) is 5.78. The van der Waals surface area contributed by atoms with E-state index in [9.17, 15) is 0 Å². The molecule has 20 heavy (non-hydrogen) atoms. The Labute approximate surface area is 131 Å². The largest absolute Gasteiger partial charge is 0.369 e. The Kier molecular flexibility index (Phi) is 4.21. The van der Waals surface area contributed by atoms with Crippen molar-refractivity contribution in [2.75, 3.05) is 23.7 Å². The van der Waals surface area contributed by atoms with E-state index in [2.05, 4.69) is 54.0 Å². The molecule has 1 aromatic carbocycles. The molecular weight excluding hydrogens is 288 g/mol. The predicted octanol–water partition coefficient (Wildman–Crippen LogP) is 3.92. The molecule has 2 aliphatic rings. The number of rotatable bonds is 4. The fraction of sp³-hybridized carbons (Fsp3) is 0.625. The molecule has 2 nitrogen and oxygen atoms in total. The fourth-order valence-corrected chi connectivity index (χ4v) is 4.01. The summed E-state index contributed by atoms with van der Waals surface area (Å²) < 4.78 is 0.330. The van der Waals surface area contributed by atoms with E-state index in [0.29, 0.717) is 4.75 Å². The summed E-state index contributed by atoms with van der Waals surface area (Å²) in [6.07, 6.45) is 2.63. The van der Waals surface area contributed by atoms with Crippen molar-refractivity contribution in [1.29, 1.82) is 0 Å². The van der Waals surface area contributed by atoms with Gasteiger partial charge in [0.15, 0.2) is 0 Å². The van der Waals surface area contributed by atoms with Gasteiger partial charge in [-0.3, -0.25) is 0 Å². The lowest BCUT2D eigenvalue weighted by Crippen LogP contribution is -2.43. The van der Waals surface area contributed by atoms with E-state index in [4.69, 9.17) is 11.6 Å². The smallest absolute Gasteiger partial charge is 0.0471 e. The van der Waals surface area contributed by atoms with Crippen LogP contribution in [-0.4, -0.2) is 29.6 Å². The average molecular weight is 311 g/mol. The van der Waals surface area contributed by atoms with Crippen molar-refractivity contribution < 1.29 is 0 Å². The van der Waals surface area contributed by atoms with Crippen molar-refractivity contribution in [2.45, 2.75) is 44.0 Å². The highest BCUT2D eigenvalue weighted by Crippen LogP contribution is 2.33. The third-order valence-corrected chi connectivity index (χ3v) is 5.64. The van der Waals surface area contributed by atoms with Crippen molar-refractivity contribution >= 4 is 29.1 Å². The van der Waals surface area contributed by atoms with Gasteiger partial charge in [0.2, 0.25) is 0 Å². The second-order valence-electron chi connectivity index (χ2n) is 6.46. The SMILES string of the molecule is CC1(C)CN(c2ccc(CNC3CC3)c(Cl)c2)CCS1. The van der Waals surface area contributed by atoms with Gasteiger partial charge in [0.05, 0.1) is 0 Å². The summed E-state index contributed by atoms with van der Waals surface area (Å²) in [6.45, 7) is 7.74. The van der Waals surface area contributed by atoms with Crippen molar-refractivity contribution in [3.63, 3.8) is 0 Å². The summed E-state index contributed by atoms with van der Waals surface area (Å²) >= 11 is 8.51. The monoisotopic (exact) mass is 310 g/mol. The van der Waals surface area contributed by atoms with Crippen LogP contribution in [0.15, 0.2) is 18.2 Å². The lowest BCUT2D eigenvalue weighted by molar-refractivity contribution is 0.647. The first-order valence-electron chi connectivity index (χ1n) is 7.44. The van der Waals surface area contributed by atoms with Gasteiger partial charge in [0, 0.05) is 46.9 Å². The van der Waals surface area contributed by atoms with Gasteiger partial charge in [0.25, 0.3) is 0 Å². The highest BCUT2D eigenvalue weighted by atomic mass is 35.5. The summed E-state index contributed by atoms with van der Waals surface area (Å²) in [4.78, 5) is 2.46. The first-order valence-corrected chi connectivity index (χ1v) is 8.81. The van der Waals surface area contributed by atoms with Gasteiger partial charge in [-0.25, -0.2) is 0 Å². The quantitative estimate of drug-likeness (QED) is 0.907. The summed E-state index contributed by atoms with van der Waals surface area (Å²) in [6, 6.07) is 7.27. The molecule has 1 N–H and O–H groups in total. The Morgan fingerprint density at radius 3 is 2.85 bits per heavy atom.